The highest BCUT2D eigenvalue weighted by Gasteiger charge is 2.47. The normalized spacial score (nSPS) is 21.2. The molecule has 1 aromatic rings. The van der Waals surface area contributed by atoms with Crippen molar-refractivity contribution in [3.8, 4) is 0 Å². The lowest BCUT2D eigenvalue weighted by molar-refractivity contribution is -0.138. The summed E-state index contributed by atoms with van der Waals surface area (Å²) in [5, 5.41) is 0. The van der Waals surface area contributed by atoms with Gasteiger partial charge in [0.15, 0.2) is 0 Å². The zero-order valence-corrected chi connectivity index (χ0v) is 10.6. The Kier molecular flexibility index (Phi) is 3.69. The monoisotopic (exact) mass is 286 g/mol. The summed E-state index contributed by atoms with van der Waals surface area (Å²) in [5.74, 6) is -1.90. The van der Waals surface area contributed by atoms with Crippen molar-refractivity contribution < 1.29 is 22.8 Å². The average molecular weight is 286 g/mol. The van der Waals surface area contributed by atoms with Gasteiger partial charge in [0.25, 0.3) is 0 Å². The minimum absolute atomic E-state index is 0.128. The first kappa shape index (κ1) is 14.4. The van der Waals surface area contributed by atoms with Crippen molar-refractivity contribution in [2.24, 2.45) is 5.92 Å². The maximum atomic E-state index is 12.9. The molecule has 1 aliphatic rings. The van der Waals surface area contributed by atoms with Gasteiger partial charge in [-0.25, -0.2) is 0 Å². The molecule has 0 aliphatic heterocycles. The molecule has 2 amide bonds. The molecule has 0 radical (unpaired) electrons. The lowest BCUT2D eigenvalue weighted by atomic mass is 10.0. The molecule has 0 spiro atoms. The van der Waals surface area contributed by atoms with Crippen LogP contribution in [0.15, 0.2) is 24.3 Å². The molecular formula is C13H13F3N2O2. The van der Waals surface area contributed by atoms with E-state index in [1.165, 1.54) is 25.1 Å². The zero-order chi connectivity index (χ0) is 14.9. The van der Waals surface area contributed by atoms with Crippen LogP contribution in [-0.4, -0.2) is 11.8 Å². The Bertz CT molecular complexity index is 543. The molecule has 4 nitrogen and oxygen atoms in total. The molecule has 1 saturated carbocycles. The second-order valence-corrected chi connectivity index (χ2v) is 4.70. The van der Waals surface area contributed by atoms with Crippen LogP contribution in [0, 0.1) is 5.92 Å². The molecule has 1 fully saturated rings. The van der Waals surface area contributed by atoms with Gasteiger partial charge in [-0.15, -0.1) is 0 Å². The average Bonchev–Trinajstić information content (AvgIpc) is 3.15. The second kappa shape index (κ2) is 5.15. The number of amides is 2. The van der Waals surface area contributed by atoms with Gasteiger partial charge in [-0.3, -0.25) is 20.4 Å². The first-order chi connectivity index (χ1) is 9.30. The Morgan fingerprint density at radius 3 is 2.45 bits per heavy atom. The van der Waals surface area contributed by atoms with E-state index in [4.69, 9.17) is 0 Å². The molecule has 7 heteroatoms. The third-order valence-corrected chi connectivity index (χ3v) is 3.15. The number of nitrogens with one attached hydrogen (secondary N) is 2. The van der Waals surface area contributed by atoms with E-state index in [-0.39, 0.29) is 5.56 Å². The zero-order valence-electron chi connectivity index (χ0n) is 10.6. The molecular weight excluding hydrogens is 273 g/mol. The summed E-state index contributed by atoms with van der Waals surface area (Å²) in [6.07, 6.45) is -4.09. The second-order valence-electron chi connectivity index (χ2n) is 4.70. The van der Waals surface area contributed by atoms with Gasteiger partial charge in [0.05, 0.1) is 5.56 Å². The summed E-state index contributed by atoms with van der Waals surface area (Å²) in [5.41, 5.74) is 3.72. The highest BCUT2D eigenvalue weighted by molar-refractivity contribution is 5.85. The van der Waals surface area contributed by atoms with Crippen molar-refractivity contribution in [3.63, 3.8) is 0 Å². The molecule has 1 aliphatic carbocycles. The van der Waals surface area contributed by atoms with Gasteiger partial charge >= 0.3 is 6.18 Å². The summed E-state index contributed by atoms with van der Waals surface area (Å²) < 4.78 is 38.6. The summed E-state index contributed by atoms with van der Waals surface area (Å²) in [6, 6.07) is 5.24. The highest BCUT2D eigenvalue weighted by Crippen LogP contribution is 2.50. The molecule has 2 atom stereocenters. The van der Waals surface area contributed by atoms with E-state index in [1.807, 2.05) is 0 Å². The maximum Gasteiger partial charge on any atom is 0.416 e. The summed E-state index contributed by atoms with van der Waals surface area (Å²) in [4.78, 5) is 22.3. The van der Waals surface area contributed by atoms with E-state index >= 15 is 0 Å². The number of carbonyl (C=O) groups is 2. The third kappa shape index (κ3) is 3.09. The smallest absolute Gasteiger partial charge is 0.274 e. The molecule has 0 bridgehead atoms. The fourth-order valence-electron chi connectivity index (χ4n) is 2.15. The fourth-order valence-corrected chi connectivity index (χ4v) is 2.15. The van der Waals surface area contributed by atoms with Gasteiger partial charge in [-0.2, -0.15) is 13.2 Å². The molecule has 0 unspecified atom stereocenters. The van der Waals surface area contributed by atoms with Crippen LogP contribution in [0.4, 0.5) is 13.2 Å². The molecule has 1 aromatic carbocycles. The Labute approximate surface area is 113 Å². The van der Waals surface area contributed by atoms with Crippen molar-refractivity contribution in [1.29, 1.82) is 0 Å². The van der Waals surface area contributed by atoms with Crippen LogP contribution in [0.2, 0.25) is 0 Å². The number of alkyl halides is 3. The van der Waals surface area contributed by atoms with Crippen molar-refractivity contribution in [3.05, 3.63) is 35.4 Å². The Morgan fingerprint density at radius 1 is 1.20 bits per heavy atom. The fraction of sp³-hybridized carbons (Fsp3) is 0.385. The molecule has 108 valence electrons. The van der Waals surface area contributed by atoms with E-state index in [0.29, 0.717) is 6.42 Å². The van der Waals surface area contributed by atoms with Crippen molar-refractivity contribution >= 4 is 11.8 Å². The van der Waals surface area contributed by atoms with Crippen molar-refractivity contribution in [2.75, 3.05) is 0 Å². The number of halogens is 3. The molecule has 2 N–H and O–H groups in total. The van der Waals surface area contributed by atoms with Crippen molar-refractivity contribution in [1.82, 2.24) is 10.9 Å². The predicted molar refractivity (Wildman–Crippen MR) is 64.3 cm³/mol. The Balaban J connectivity index is 2.09. The summed E-state index contributed by atoms with van der Waals surface area (Å²) in [7, 11) is 0. The summed E-state index contributed by atoms with van der Waals surface area (Å²) in [6.45, 7) is 1.23. The van der Waals surface area contributed by atoms with Gasteiger partial charge in [0.2, 0.25) is 11.8 Å². The number of hydrazine groups is 1. The first-order valence-electron chi connectivity index (χ1n) is 6.03. The van der Waals surface area contributed by atoms with Crippen LogP contribution >= 0.6 is 0 Å². The van der Waals surface area contributed by atoms with Gasteiger partial charge in [-0.1, -0.05) is 18.2 Å². The van der Waals surface area contributed by atoms with E-state index < -0.39 is 35.4 Å². The first-order valence-corrected chi connectivity index (χ1v) is 6.03. The molecule has 0 heterocycles. The number of hydrogen-bond acceptors (Lipinski definition) is 2. The third-order valence-electron chi connectivity index (χ3n) is 3.15. The van der Waals surface area contributed by atoms with Crippen LogP contribution in [0.5, 0.6) is 0 Å². The maximum absolute atomic E-state index is 12.9. The van der Waals surface area contributed by atoms with Crippen LogP contribution < -0.4 is 10.9 Å². The number of hydrogen-bond donors (Lipinski definition) is 2. The Morgan fingerprint density at radius 2 is 1.85 bits per heavy atom. The van der Waals surface area contributed by atoms with E-state index in [0.717, 1.165) is 6.07 Å². The topological polar surface area (TPSA) is 58.2 Å². The largest absolute Gasteiger partial charge is 0.416 e. The van der Waals surface area contributed by atoms with Crippen LogP contribution in [0.3, 0.4) is 0 Å². The minimum atomic E-state index is -4.43. The minimum Gasteiger partial charge on any atom is -0.274 e. The van der Waals surface area contributed by atoms with E-state index in [9.17, 15) is 22.8 Å². The Hall–Kier alpha value is -2.05. The van der Waals surface area contributed by atoms with Gasteiger partial charge < -0.3 is 0 Å². The van der Waals surface area contributed by atoms with E-state index in [2.05, 4.69) is 10.9 Å². The van der Waals surface area contributed by atoms with Crippen LogP contribution in [0.25, 0.3) is 0 Å². The van der Waals surface area contributed by atoms with E-state index in [1.54, 1.807) is 0 Å². The quantitative estimate of drug-likeness (QED) is 0.817. The number of carbonyl (C=O) groups excluding carboxylic acids is 2. The number of rotatable bonds is 2. The predicted octanol–water partition coefficient (Wildman–Crippen LogP) is 1.98. The van der Waals surface area contributed by atoms with Crippen molar-refractivity contribution in [2.45, 2.75) is 25.4 Å². The van der Waals surface area contributed by atoms with Gasteiger partial charge in [0, 0.05) is 12.8 Å². The molecule has 20 heavy (non-hydrogen) atoms. The summed E-state index contributed by atoms with van der Waals surface area (Å²) >= 11 is 0. The molecule has 0 saturated heterocycles. The van der Waals surface area contributed by atoms with Gasteiger partial charge in [0.1, 0.15) is 0 Å². The number of benzene rings is 1. The highest BCUT2D eigenvalue weighted by atomic mass is 19.4. The SMILES string of the molecule is CC(=O)NNC(=O)[C@H]1C[C@@H]1c1ccccc1C(F)(F)F. The van der Waals surface area contributed by atoms with Crippen LogP contribution in [0.1, 0.15) is 30.4 Å². The lowest BCUT2D eigenvalue weighted by Crippen LogP contribution is -2.41. The molecule has 2 rings (SSSR count). The molecule has 0 aromatic heterocycles. The van der Waals surface area contributed by atoms with Gasteiger partial charge in [-0.05, 0) is 24.0 Å². The van der Waals surface area contributed by atoms with Crippen LogP contribution in [-0.2, 0) is 15.8 Å². The standard InChI is InChI=1S/C13H13F3N2O2/c1-7(19)17-18-12(20)10-6-9(10)8-4-2-3-5-11(8)13(14,15)16/h2-5,9-10H,6H2,1H3,(H,17,19)(H,18,20)/t9-,10+/m1/s1. The lowest BCUT2D eigenvalue weighted by Gasteiger charge is -2.12.